The van der Waals surface area contributed by atoms with Gasteiger partial charge in [-0.05, 0) is 66.3 Å². The second kappa shape index (κ2) is 7.83. The molecule has 2 aromatic carbocycles. The second-order valence-electron chi connectivity index (χ2n) is 6.98. The van der Waals surface area contributed by atoms with Crippen molar-refractivity contribution >= 4 is 0 Å². The molecule has 24 heavy (non-hydrogen) atoms. The van der Waals surface area contributed by atoms with Gasteiger partial charge in [0.05, 0.1) is 7.11 Å². The van der Waals surface area contributed by atoms with Gasteiger partial charge in [0.2, 0.25) is 0 Å². The van der Waals surface area contributed by atoms with Crippen molar-refractivity contribution in [2.45, 2.75) is 51.4 Å². The SMILES string of the molecule is CCC[C@H]1CC[C@H](c2ccc(-c3ccc(OC)c(F)c3)cc2)CC1. The predicted octanol–water partition coefficient (Wildman–Crippen LogP) is 6.58. The average Bonchev–Trinajstić information content (AvgIpc) is 2.63. The van der Waals surface area contributed by atoms with Gasteiger partial charge in [-0.1, -0.05) is 50.1 Å². The number of hydrogen-bond donors (Lipinski definition) is 0. The third-order valence-corrected chi connectivity index (χ3v) is 5.41. The fourth-order valence-corrected chi connectivity index (χ4v) is 3.99. The highest BCUT2D eigenvalue weighted by molar-refractivity contribution is 5.64. The highest BCUT2D eigenvalue weighted by atomic mass is 19.1. The molecule has 1 nitrogen and oxygen atoms in total. The normalized spacial score (nSPS) is 20.8. The Morgan fingerprint density at radius 1 is 0.958 bits per heavy atom. The molecular weight excluding hydrogens is 299 g/mol. The second-order valence-corrected chi connectivity index (χ2v) is 6.98. The van der Waals surface area contributed by atoms with Gasteiger partial charge in [0, 0.05) is 0 Å². The molecular formula is C22H27FO. The Kier molecular flexibility index (Phi) is 5.55. The van der Waals surface area contributed by atoms with Crippen molar-refractivity contribution in [1.29, 1.82) is 0 Å². The van der Waals surface area contributed by atoms with E-state index in [9.17, 15) is 4.39 Å². The van der Waals surface area contributed by atoms with E-state index in [0.717, 1.165) is 17.0 Å². The number of halogens is 1. The lowest BCUT2D eigenvalue weighted by Crippen LogP contribution is -2.13. The lowest BCUT2D eigenvalue weighted by molar-refractivity contribution is 0.308. The zero-order valence-corrected chi connectivity index (χ0v) is 14.7. The van der Waals surface area contributed by atoms with Gasteiger partial charge < -0.3 is 4.74 Å². The van der Waals surface area contributed by atoms with E-state index in [1.54, 1.807) is 12.1 Å². The molecule has 1 aliphatic carbocycles. The first-order valence-corrected chi connectivity index (χ1v) is 9.15. The van der Waals surface area contributed by atoms with Crippen molar-refractivity contribution in [2.75, 3.05) is 7.11 Å². The molecule has 1 saturated carbocycles. The molecule has 2 aromatic rings. The van der Waals surface area contributed by atoms with Crippen LogP contribution in [0.1, 0.15) is 56.9 Å². The summed E-state index contributed by atoms with van der Waals surface area (Å²) in [6.07, 6.45) is 8.04. The van der Waals surface area contributed by atoms with Gasteiger partial charge in [-0.3, -0.25) is 0 Å². The lowest BCUT2D eigenvalue weighted by atomic mass is 9.77. The van der Waals surface area contributed by atoms with Crippen LogP contribution in [0.3, 0.4) is 0 Å². The van der Waals surface area contributed by atoms with Gasteiger partial charge in [0.1, 0.15) is 0 Å². The molecule has 0 saturated heterocycles. The van der Waals surface area contributed by atoms with Gasteiger partial charge in [0.25, 0.3) is 0 Å². The lowest BCUT2D eigenvalue weighted by Gasteiger charge is -2.28. The summed E-state index contributed by atoms with van der Waals surface area (Å²) < 4.78 is 18.9. The number of benzene rings is 2. The minimum atomic E-state index is -0.312. The summed E-state index contributed by atoms with van der Waals surface area (Å²) in [6, 6.07) is 13.8. The van der Waals surface area contributed by atoms with Crippen LogP contribution in [0.25, 0.3) is 11.1 Å². The molecule has 0 spiro atoms. The Morgan fingerprint density at radius 3 is 2.21 bits per heavy atom. The van der Waals surface area contributed by atoms with Gasteiger partial charge in [-0.25, -0.2) is 4.39 Å². The molecule has 1 fully saturated rings. The van der Waals surface area contributed by atoms with Crippen LogP contribution in [0.4, 0.5) is 4.39 Å². The zero-order valence-electron chi connectivity index (χ0n) is 14.7. The minimum Gasteiger partial charge on any atom is -0.494 e. The molecule has 0 amide bonds. The van der Waals surface area contributed by atoms with E-state index in [2.05, 4.69) is 31.2 Å². The maximum absolute atomic E-state index is 13.9. The molecule has 0 N–H and O–H groups in total. The smallest absolute Gasteiger partial charge is 0.165 e. The molecule has 0 unspecified atom stereocenters. The van der Waals surface area contributed by atoms with Gasteiger partial charge in [0.15, 0.2) is 11.6 Å². The van der Waals surface area contributed by atoms with E-state index in [4.69, 9.17) is 4.74 Å². The maximum atomic E-state index is 13.9. The van der Waals surface area contributed by atoms with Crippen LogP contribution in [-0.2, 0) is 0 Å². The quantitative estimate of drug-likeness (QED) is 0.603. The minimum absolute atomic E-state index is 0.291. The Labute approximate surface area is 144 Å². The van der Waals surface area contributed by atoms with Crippen LogP contribution >= 0.6 is 0 Å². The predicted molar refractivity (Wildman–Crippen MR) is 98.0 cm³/mol. The fourth-order valence-electron chi connectivity index (χ4n) is 3.99. The molecule has 0 radical (unpaired) electrons. The van der Waals surface area contributed by atoms with E-state index in [1.807, 2.05) is 6.07 Å². The number of rotatable bonds is 5. The third-order valence-electron chi connectivity index (χ3n) is 5.41. The Morgan fingerprint density at radius 2 is 1.62 bits per heavy atom. The topological polar surface area (TPSA) is 9.23 Å². The molecule has 0 heterocycles. The first-order chi connectivity index (χ1) is 11.7. The first kappa shape index (κ1) is 17.0. The van der Waals surface area contributed by atoms with E-state index >= 15 is 0 Å². The van der Waals surface area contributed by atoms with Crippen molar-refractivity contribution in [3.8, 4) is 16.9 Å². The molecule has 128 valence electrons. The Balaban J connectivity index is 1.69. The molecule has 3 rings (SSSR count). The maximum Gasteiger partial charge on any atom is 0.165 e. The van der Waals surface area contributed by atoms with E-state index in [-0.39, 0.29) is 5.82 Å². The zero-order chi connectivity index (χ0) is 16.9. The van der Waals surface area contributed by atoms with Crippen molar-refractivity contribution < 1.29 is 9.13 Å². The highest BCUT2D eigenvalue weighted by Crippen LogP contribution is 2.38. The summed E-state index contributed by atoms with van der Waals surface area (Å²) in [5.74, 6) is 1.61. The van der Waals surface area contributed by atoms with Crippen molar-refractivity contribution in [3.63, 3.8) is 0 Å². The van der Waals surface area contributed by atoms with Crippen LogP contribution < -0.4 is 4.74 Å². The van der Waals surface area contributed by atoms with Crippen molar-refractivity contribution in [2.24, 2.45) is 5.92 Å². The van der Waals surface area contributed by atoms with Crippen LogP contribution in [0, 0.1) is 11.7 Å². The van der Waals surface area contributed by atoms with Gasteiger partial charge >= 0.3 is 0 Å². The average molecular weight is 326 g/mol. The summed E-state index contributed by atoms with van der Waals surface area (Å²) in [5, 5.41) is 0. The summed E-state index contributed by atoms with van der Waals surface area (Å²) in [6.45, 7) is 2.28. The van der Waals surface area contributed by atoms with Crippen LogP contribution in [0.15, 0.2) is 42.5 Å². The number of methoxy groups -OCH3 is 1. The highest BCUT2D eigenvalue weighted by Gasteiger charge is 2.21. The Hall–Kier alpha value is -1.83. The molecule has 0 aliphatic heterocycles. The molecule has 0 bridgehead atoms. The monoisotopic (exact) mass is 326 g/mol. The summed E-state index contributed by atoms with van der Waals surface area (Å²) in [7, 11) is 1.49. The van der Waals surface area contributed by atoms with Crippen LogP contribution in [-0.4, -0.2) is 7.11 Å². The van der Waals surface area contributed by atoms with Gasteiger partial charge in [-0.15, -0.1) is 0 Å². The summed E-state index contributed by atoms with van der Waals surface area (Å²) in [5.41, 5.74) is 3.38. The summed E-state index contributed by atoms with van der Waals surface area (Å²) >= 11 is 0. The molecule has 0 atom stereocenters. The fraction of sp³-hybridized carbons (Fsp3) is 0.455. The summed E-state index contributed by atoms with van der Waals surface area (Å²) in [4.78, 5) is 0. The third kappa shape index (κ3) is 3.80. The van der Waals surface area contributed by atoms with E-state index < -0.39 is 0 Å². The van der Waals surface area contributed by atoms with E-state index in [1.165, 1.54) is 51.2 Å². The number of hydrogen-bond acceptors (Lipinski definition) is 1. The van der Waals surface area contributed by atoms with Crippen LogP contribution in [0.2, 0.25) is 0 Å². The number of ether oxygens (including phenoxy) is 1. The standard InChI is InChI=1S/C22H27FO/c1-3-4-16-5-7-17(8-6-16)18-9-11-19(12-10-18)20-13-14-22(24-2)21(23)15-20/h9-17H,3-8H2,1-2H3/t16-,17-. The largest absolute Gasteiger partial charge is 0.494 e. The van der Waals surface area contributed by atoms with Gasteiger partial charge in [-0.2, -0.15) is 0 Å². The first-order valence-electron chi connectivity index (χ1n) is 9.15. The molecule has 0 aromatic heterocycles. The molecule has 1 aliphatic rings. The van der Waals surface area contributed by atoms with Crippen molar-refractivity contribution in [3.05, 3.63) is 53.8 Å². The van der Waals surface area contributed by atoms with Crippen LogP contribution in [0.5, 0.6) is 5.75 Å². The Bertz CT molecular complexity index is 654. The van der Waals surface area contributed by atoms with E-state index in [0.29, 0.717) is 11.7 Å². The van der Waals surface area contributed by atoms with Crippen molar-refractivity contribution in [1.82, 2.24) is 0 Å². The molecule has 2 heteroatoms.